The quantitative estimate of drug-likeness (QED) is 0.618. The Morgan fingerprint density at radius 2 is 1.63 bits per heavy atom. The van der Waals surface area contributed by atoms with E-state index in [1.165, 1.54) is 12.1 Å². The minimum absolute atomic E-state index is 0.155. The largest absolute Gasteiger partial charge is 0.489 e. The number of rotatable bonds is 7. The first-order chi connectivity index (χ1) is 13.2. The van der Waals surface area contributed by atoms with E-state index in [2.05, 4.69) is 5.32 Å². The summed E-state index contributed by atoms with van der Waals surface area (Å²) in [6.07, 6.45) is 3.14. The smallest absolute Gasteiger partial charge is 0.244 e. The van der Waals surface area contributed by atoms with Gasteiger partial charge in [0, 0.05) is 18.2 Å². The normalized spacial score (nSPS) is 10.7. The third kappa shape index (κ3) is 5.82. The number of ether oxygens (including phenoxy) is 1. The van der Waals surface area contributed by atoms with Crippen molar-refractivity contribution in [2.24, 2.45) is 0 Å². The Balaban J connectivity index is 1.48. The van der Waals surface area contributed by atoms with Crippen molar-refractivity contribution >= 4 is 12.0 Å². The van der Waals surface area contributed by atoms with E-state index in [0.717, 1.165) is 16.9 Å². The Kier molecular flexibility index (Phi) is 6.36. The van der Waals surface area contributed by atoms with Gasteiger partial charge in [0.25, 0.3) is 0 Å². The van der Waals surface area contributed by atoms with Gasteiger partial charge >= 0.3 is 0 Å². The molecule has 0 spiro atoms. The van der Waals surface area contributed by atoms with E-state index in [9.17, 15) is 9.18 Å². The number of halogens is 1. The first-order valence-corrected chi connectivity index (χ1v) is 8.67. The van der Waals surface area contributed by atoms with Crippen LogP contribution in [-0.2, 0) is 17.9 Å². The maximum Gasteiger partial charge on any atom is 0.244 e. The SMILES string of the molecule is O=C(/C=C/c1ccc(OCc2ccccc2)cc1)NCc1ccccc1F. The number of hydrogen-bond acceptors (Lipinski definition) is 2. The molecule has 0 aliphatic rings. The summed E-state index contributed by atoms with van der Waals surface area (Å²) in [5.41, 5.74) is 2.44. The molecule has 27 heavy (non-hydrogen) atoms. The lowest BCUT2D eigenvalue weighted by molar-refractivity contribution is -0.116. The fraction of sp³-hybridized carbons (Fsp3) is 0.0870. The summed E-state index contributed by atoms with van der Waals surface area (Å²) in [5.74, 6) is 0.163. The van der Waals surface area contributed by atoms with Gasteiger partial charge in [0.1, 0.15) is 18.2 Å². The molecule has 0 saturated carbocycles. The molecular formula is C23H20FNO2. The Hall–Kier alpha value is -3.40. The van der Waals surface area contributed by atoms with Crippen LogP contribution in [0.1, 0.15) is 16.7 Å². The molecule has 3 rings (SSSR count). The van der Waals surface area contributed by atoms with E-state index in [4.69, 9.17) is 4.74 Å². The highest BCUT2D eigenvalue weighted by Gasteiger charge is 2.02. The van der Waals surface area contributed by atoms with Crippen LogP contribution in [0, 0.1) is 5.82 Å². The molecule has 0 aliphatic carbocycles. The van der Waals surface area contributed by atoms with Gasteiger partial charge in [0.2, 0.25) is 5.91 Å². The second-order valence-electron chi connectivity index (χ2n) is 5.99. The molecule has 3 aromatic carbocycles. The zero-order chi connectivity index (χ0) is 18.9. The van der Waals surface area contributed by atoms with Gasteiger partial charge in [-0.25, -0.2) is 4.39 Å². The summed E-state index contributed by atoms with van der Waals surface area (Å²) in [6, 6.07) is 23.8. The average molecular weight is 361 g/mol. The zero-order valence-electron chi connectivity index (χ0n) is 14.8. The molecule has 0 unspecified atom stereocenters. The van der Waals surface area contributed by atoms with Crippen molar-refractivity contribution in [1.82, 2.24) is 5.32 Å². The summed E-state index contributed by atoms with van der Waals surface area (Å²) < 4.78 is 19.3. The molecule has 3 nitrogen and oxygen atoms in total. The third-order valence-electron chi connectivity index (χ3n) is 3.97. The minimum atomic E-state index is -0.326. The molecule has 3 aromatic rings. The van der Waals surface area contributed by atoms with Crippen molar-refractivity contribution in [2.45, 2.75) is 13.2 Å². The van der Waals surface area contributed by atoms with E-state index in [1.54, 1.807) is 24.3 Å². The molecule has 0 aliphatic heterocycles. The van der Waals surface area contributed by atoms with Crippen LogP contribution < -0.4 is 10.1 Å². The molecule has 1 N–H and O–H groups in total. The standard InChI is InChI=1S/C23H20FNO2/c24-22-9-5-4-8-20(22)16-25-23(26)15-12-18-10-13-21(14-11-18)27-17-19-6-2-1-3-7-19/h1-15H,16-17H2,(H,25,26)/b15-12+. The second kappa shape index (κ2) is 9.34. The van der Waals surface area contributed by atoms with Gasteiger partial charge in [-0.05, 0) is 35.4 Å². The van der Waals surface area contributed by atoms with Crippen molar-refractivity contribution in [3.05, 3.63) is 107 Å². The Bertz CT molecular complexity index is 905. The van der Waals surface area contributed by atoms with Crippen molar-refractivity contribution in [1.29, 1.82) is 0 Å². The van der Waals surface area contributed by atoms with Crippen molar-refractivity contribution in [3.8, 4) is 5.75 Å². The number of benzene rings is 3. The highest BCUT2D eigenvalue weighted by molar-refractivity contribution is 5.91. The number of hydrogen-bond donors (Lipinski definition) is 1. The van der Waals surface area contributed by atoms with Crippen LogP contribution in [0.5, 0.6) is 5.75 Å². The van der Waals surface area contributed by atoms with Gasteiger partial charge in [-0.3, -0.25) is 4.79 Å². The van der Waals surface area contributed by atoms with E-state index in [1.807, 2.05) is 54.6 Å². The highest BCUT2D eigenvalue weighted by atomic mass is 19.1. The molecule has 0 fully saturated rings. The fourth-order valence-electron chi connectivity index (χ4n) is 2.47. The molecule has 136 valence electrons. The lowest BCUT2D eigenvalue weighted by atomic mass is 10.2. The Labute approximate surface area is 158 Å². The molecule has 0 saturated heterocycles. The number of nitrogens with one attached hydrogen (secondary N) is 1. The van der Waals surface area contributed by atoms with E-state index in [-0.39, 0.29) is 18.3 Å². The summed E-state index contributed by atoms with van der Waals surface area (Å²) in [7, 11) is 0. The van der Waals surface area contributed by atoms with Gasteiger partial charge in [-0.15, -0.1) is 0 Å². The van der Waals surface area contributed by atoms with Crippen LogP contribution in [0.3, 0.4) is 0 Å². The molecule has 1 amide bonds. The van der Waals surface area contributed by atoms with Crippen LogP contribution in [-0.4, -0.2) is 5.91 Å². The molecule has 0 heterocycles. The van der Waals surface area contributed by atoms with Crippen LogP contribution >= 0.6 is 0 Å². The molecule has 0 radical (unpaired) electrons. The highest BCUT2D eigenvalue weighted by Crippen LogP contribution is 2.15. The van der Waals surface area contributed by atoms with Gasteiger partial charge in [-0.2, -0.15) is 0 Å². The first kappa shape index (κ1) is 18.4. The average Bonchev–Trinajstić information content (AvgIpc) is 2.71. The maximum absolute atomic E-state index is 13.5. The summed E-state index contributed by atoms with van der Waals surface area (Å²) in [4.78, 5) is 11.9. The topological polar surface area (TPSA) is 38.3 Å². The summed E-state index contributed by atoms with van der Waals surface area (Å²) in [5, 5.41) is 2.67. The predicted octanol–water partition coefficient (Wildman–Crippen LogP) is 4.73. The van der Waals surface area contributed by atoms with Crippen molar-refractivity contribution < 1.29 is 13.9 Å². The lowest BCUT2D eigenvalue weighted by Gasteiger charge is -2.06. The van der Waals surface area contributed by atoms with Gasteiger partial charge < -0.3 is 10.1 Å². The minimum Gasteiger partial charge on any atom is -0.489 e. The Morgan fingerprint density at radius 1 is 0.926 bits per heavy atom. The molecular weight excluding hydrogens is 341 g/mol. The van der Waals surface area contributed by atoms with Crippen LogP contribution in [0.2, 0.25) is 0 Å². The van der Waals surface area contributed by atoms with Gasteiger partial charge in [0.15, 0.2) is 0 Å². The number of carbonyl (C=O) groups excluding carboxylic acids is 1. The molecule has 4 heteroatoms. The van der Waals surface area contributed by atoms with Crippen molar-refractivity contribution in [3.63, 3.8) is 0 Å². The summed E-state index contributed by atoms with van der Waals surface area (Å²) >= 11 is 0. The number of carbonyl (C=O) groups is 1. The monoisotopic (exact) mass is 361 g/mol. The fourth-order valence-corrected chi connectivity index (χ4v) is 2.47. The molecule has 0 bridgehead atoms. The Morgan fingerprint density at radius 3 is 2.37 bits per heavy atom. The second-order valence-corrected chi connectivity index (χ2v) is 5.99. The zero-order valence-corrected chi connectivity index (χ0v) is 14.8. The van der Waals surface area contributed by atoms with E-state index >= 15 is 0 Å². The predicted molar refractivity (Wildman–Crippen MR) is 104 cm³/mol. The maximum atomic E-state index is 13.5. The van der Waals surface area contributed by atoms with Crippen LogP contribution in [0.15, 0.2) is 84.9 Å². The van der Waals surface area contributed by atoms with Crippen LogP contribution in [0.4, 0.5) is 4.39 Å². The summed E-state index contributed by atoms with van der Waals surface area (Å²) in [6.45, 7) is 0.663. The van der Waals surface area contributed by atoms with Crippen molar-refractivity contribution in [2.75, 3.05) is 0 Å². The third-order valence-corrected chi connectivity index (χ3v) is 3.97. The van der Waals surface area contributed by atoms with E-state index in [0.29, 0.717) is 12.2 Å². The molecule has 0 atom stereocenters. The number of amides is 1. The van der Waals surface area contributed by atoms with Gasteiger partial charge in [-0.1, -0.05) is 60.7 Å². The van der Waals surface area contributed by atoms with Crippen LogP contribution in [0.25, 0.3) is 6.08 Å². The molecule has 0 aromatic heterocycles. The van der Waals surface area contributed by atoms with Gasteiger partial charge in [0.05, 0.1) is 0 Å². The van der Waals surface area contributed by atoms with E-state index < -0.39 is 0 Å². The lowest BCUT2D eigenvalue weighted by Crippen LogP contribution is -2.20. The first-order valence-electron chi connectivity index (χ1n) is 8.67.